The smallest absolute Gasteiger partial charge is 0.254 e. The molecule has 1 N–H and O–H groups in total. The molecule has 2 aromatic carbocycles. The van der Waals surface area contributed by atoms with Gasteiger partial charge in [-0.3, -0.25) is 14.7 Å². The molecule has 2 aromatic heterocycles. The number of hydrogen-bond donors (Lipinski definition) is 1. The van der Waals surface area contributed by atoms with Crippen LogP contribution in [-0.4, -0.2) is 65.1 Å². The van der Waals surface area contributed by atoms with Crippen molar-refractivity contribution in [3.8, 4) is 5.75 Å². The number of aromatic amines is 1. The monoisotopic (exact) mass is 498 g/mol. The van der Waals surface area contributed by atoms with Gasteiger partial charge in [0.25, 0.3) is 5.91 Å². The van der Waals surface area contributed by atoms with E-state index in [1.165, 1.54) is 5.56 Å². The number of aromatic nitrogens is 2. The van der Waals surface area contributed by atoms with E-state index in [1.807, 2.05) is 65.6 Å². The number of hydrogen-bond acceptors (Lipinski definition) is 5. The third kappa shape index (κ3) is 6.18. The molecule has 3 heterocycles. The second-order valence-corrected chi connectivity index (χ2v) is 9.57. The van der Waals surface area contributed by atoms with Gasteiger partial charge in [0, 0.05) is 54.5 Å². The molecule has 37 heavy (non-hydrogen) atoms. The zero-order valence-electron chi connectivity index (χ0n) is 21.6. The molecule has 0 bridgehead atoms. The lowest BCUT2D eigenvalue weighted by molar-refractivity contribution is 0.0322. The summed E-state index contributed by atoms with van der Waals surface area (Å²) in [7, 11) is 0. The van der Waals surface area contributed by atoms with Crippen molar-refractivity contribution in [1.29, 1.82) is 0 Å². The van der Waals surface area contributed by atoms with E-state index in [2.05, 4.69) is 28.7 Å². The average Bonchev–Trinajstić information content (AvgIpc) is 3.22. The average molecular weight is 499 g/mol. The summed E-state index contributed by atoms with van der Waals surface area (Å²) in [6.07, 6.45) is 1.76. The first-order valence-corrected chi connectivity index (χ1v) is 12.9. The van der Waals surface area contributed by atoms with Gasteiger partial charge in [-0.15, -0.1) is 0 Å². The van der Waals surface area contributed by atoms with Crippen LogP contribution in [0.1, 0.15) is 32.9 Å². The standard InChI is InChI=1S/C30H34N4O3/c1-22-23(2)32-29-10-9-25(19-28(22)29)30(35)34(21-26-7-3-4-11-31-26)20-24-6-5-8-27(18-24)37-17-14-33-12-15-36-16-13-33/h3-11,18-19,32H,12-17,20-21H2,1-2H3. The van der Waals surface area contributed by atoms with E-state index in [0.717, 1.165) is 66.5 Å². The van der Waals surface area contributed by atoms with Crippen molar-refractivity contribution in [2.75, 3.05) is 39.5 Å². The lowest BCUT2D eigenvalue weighted by Crippen LogP contribution is -2.38. The molecule has 0 saturated carbocycles. The third-order valence-corrected chi connectivity index (χ3v) is 6.97. The Hall–Kier alpha value is -3.68. The molecule has 1 fully saturated rings. The van der Waals surface area contributed by atoms with Crippen LogP contribution in [0.25, 0.3) is 10.9 Å². The van der Waals surface area contributed by atoms with Crippen LogP contribution < -0.4 is 4.74 Å². The van der Waals surface area contributed by atoms with Crippen molar-refractivity contribution in [1.82, 2.24) is 19.8 Å². The molecule has 0 atom stereocenters. The maximum atomic E-state index is 13.8. The van der Waals surface area contributed by atoms with Crippen molar-refractivity contribution in [3.05, 3.63) is 94.9 Å². The largest absolute Gasteiger partial charge is 0.492 e. The van der Waals surface area contributed by atoms with E-state index in [9.17, 15) is 4.79 Å². The summed E-state index contributed by atoms with van der Waals surface area (Å²) in [4.78, 5) is 25.8. The van der Waals surface area contributed by atoms with Crippen LogP contribution in [0.5, 0.6) is 5.75 Å². The number of rotatable bonds is 9. The molecule has 1 aliphatic rings. The van der Waals surface area contributed by atoms with Gasteiger partial charge in [0.05, 0.1) is 25.5 Å². The first-order valence-electron chi connectivity index (χ1n) is 12.9. The number of pyridine rings is 1. The van der Waals surface area contributed by atoms with Crippen LogP contribution in [0.2, 0.25) is 0 Å². The molecule has 0 radical (unpaired) electrons. The molecule has 7 nitrogen and oxygen atoms in total. The molecule has 1 saturated heterocycles. The second kappa shape index (κ2) is 11.6. The number of H-pyrrole nitrogens is 1. The van der Waals surface area contributed by atoms with E-state index < -0.39 is 0 Å². The Morgan fingerprint density at radius 1 is 1.05 bits per heavy atom. The number of carbonyl (C=O) groups is 1. The minimum atomic E-state index is -0.0237. The van der Waals surface area contributed by atoms with Gasteiger partial charge in [-0.1, -0.05) is 18.2 Å². The normalized spacial score (nSPS) is 14.1. The fraction of sp³-hybridized carbons (Fsp3) is 0.333. The van der Waals surface area contributed by atoms with Crippen LogP contribution in [-0.2, 0) is 17.8 Å². The number of benzene rings is 2. The van der Waals surface area contributed by atoms with Crippen molar-refractivity contribution < 1.29 is 14.3 Å². The first kappa shape index (κ1) is 25.0. The summed E-state index contributed by atoms with van der Waals surface area (Å²) >= 11 is 0. The Bertz CT molecular complexity index is 1350. The minimum absolute atomic E-state index is 0.0237. The molecule has 0 aliphatic carbocycles. The molecule has 1 aliphatic heterocycles. The minimum Gasteiger partial charge on any atom is -0.492 e. The highest BCUT2D eigenvalue weighted by Gasteiger charge is 2.19. The molecular weight excluding hydrogens is 464 g/mol. The van der Waals surface area contributed by atoms with Gasteiger partial charge in [-0.05, 0) is 67.4 Å². The van der Waals surface area contributed by atoms with E-state index in [-0.39, 0.29) is 5.91 Å². The van der Waals surface area contributed by atoms with Crippen LogP contribution >= 0.6 is 0 Å². The van der Waals surface area contributed by atoms with E-state index >= 15 is 0 Å². The topological polar surface area (TPSA) is 70.7 Å². The Morgan fingerprint density at radius 2 is 1.92 bits per heavy atom. The summed E-state index contributed by atoms with van der Waals surface area (Å²) < 4.78 is 11.5. The molecule has 1 amide bonds. The van der Waals surface area contributed by atoms with E-state index in [0.29, 0.717) is 25.3 Å². The van der Waals surface area contributed by atoms with Crippen molar-refractivity contribution >= 4 is 16.8 Å². The molecular formula is C30H34N4O3. The summed E-state index contributed by atoms with van der Waals surface area (Å²) in [5, 5.41) is 1.08. The van der Waals surface area contributed by atoms with Crippen LogP contribution in [0, 0.1) is 13.8 Å². The van der Waals surface area contributed by atoms with Crippen LogP contribution in [0.4, 0.5) is 0 Å². The van der Waals surface area contributed by atoms with Gasteiger partial charge in [-0.2, -0.15) is 0 Å². The SMILES string of the molecule is Cc1[nH]c2ccc(C(=O)N(Cc3cccc(OCCN4CCOCC4)c3)Cc3ccccn3)cc2c1C. The number of ether oxygens (including phenoxy) is 2. The zero-order valence-corrected chi connectivity index (χ0v) is 21.6. The number of carbonyl (C=O) groups excluding carboxylic acids is 1. The number of aryl methyl sites for hydroxylation is 2. The lowest BCUT2D eigenvalue weighted by Gasteiger charge is -2.26. The van der Waals surface area contributed by atoms with Crippen LogP contribution in [0.3, 0.4) is 0 Å². The predicted octanol–water partition coefficient (Wildman–Crippen LogP) is 4.73. The number of nitrogens with zero attached hydrogens (tertiary/aromatic N) is 3. The lowest BCUT2D eigenvalue weighted by atomic mass is 10.1. The number of morpholine rings is 1. The summed E-state index contributed by atoms with van der Waals surface area (Å²) in [5.41, 5.74) is 5.87. The predicted molar refractivity (Wildman–Crippen MR) is 145 cm³/mol. The van der Waals surface area contributed by atoms with Crippen molar-refractivity contribution in [2.24, 2.45) is 0 Å². The molecule has 5 rings (SSSR count). The Labute approximate surface area is 218 Å². The zero-order chi connectivity index (χ0) is 25.6. The number of fused-ring (bicyclic) bond motifs is 1. The molecule has 0 spiro atoms. The van der Waals surface area contributed by atoms with Gasteiger partial charge in [-0.25, -0.2) is 0 Å². The second-order valence-electron chi connectivity index (χ2n) is 9.57. The van der Waals surface area contributed by atoms with Gasteiger partial charge >= 0.3 is 0 Å². The Kier molecular flexibility index (Phi) is 7.82. The van der Waals surface area contributed by atoms with E-state index in [1.54, 1.807) is 6.20 Å². The third-order valence-electron chi connectivity index (χ3n) is 6.97. The maximum absolute atomic E-state index is 13.8. The number of nitrogens with one attached hydrogen (secondary N) is 1. The molecule has 7 heteroatoms. The first-order chi connectivity index (χ1) is 18.1. The highest BCUT2D eigenvalue weighted by Crippen LogP contribution is 2.24. The Morgan fingerprint density at radius 3 is 2.73 bits per heavy atom. The van der Waals surface area contributed by atoms with Crippen molar-refractivity contribution in [2.45, 2.75) is 26.9 Å². The fourth-order valence-corrected chi connectivity index (χ4v) is 4.73. The maximum Gasteiger partial charge on any atom is 0.254 e. The summed E-state index contributed by atoms with van der Waals surface area (Å²) in [5.74, 6) is 0.792. The molecule has 0 unspecified atom stereocenters. The highest BCUT2D eigenvalue weighted by atomic mass is 16.5. The molecule has 4 aromatic rings. The van der Waals surface area contributed by atoms with Gasteiger partial charge in [0.15, 0.2) is 0 Å². The number of amides is 1. The quantitative estimate of drug-likeness (QED) is 0.361. The van der Waals surface area contributed by atoms with E-state index in [4.69, 9.17) is 9.47 Å². The Balaban J connectivity index is 1.33. The van der Waals surface area contributed by atoms with Crippen molar-refractivity contribution in [3.63, 3.8) is 0 Å². The highest BCUT2D eigenvalue weighted by molar-refractivity contribution is 5.99. The summed E-state index contributed by atoms with van der Waals surface area (Å²) in [6.45, 7) is 9.97. The molecule has 192 valence electrons. The fourth-order valence-electron chi connectivity index (χ4n) is 4.73. The van der Waals surface area contributed by atoms with Gasteiger partial charge in [0.1, 0.15) is 12.4 Å². The van der Waals surface area contributed by atoms with Gasteiger partial charge < -0.3 is 19.4 Å². The summed E-state index contributed by atoms with van der Waals surface area (Å²) in [6, 6.07) is 19.7. The van der Waals surface area contributed by atoms with Gasteiger partial charge in [0.2, 0.25) is 0 Å². The van der Waals surface area contributed by atoms with Crippen LogP contribution in [0.15, 0.2) is 66.9 Å².